The third kappa shape index (κ3) is 12.3. The molecule has 0 spiro atoms. The predicted octanol–water partition coefficient (Wildman–Crippen LogP) is 7.17. The molecule has 0 radical (unpaired) electrons. The number of quaternary nitrogens is 1. The average molecular weight is 505 g/mol. The predicted molar refractivity (Wildman–Crippen MR) is 148 cm³/mol. The Bertz CT molecular complexity index is 676. The van der Waals surface area contributed by atoms with Crippen molar-refractivity contribution in [1.29, 1.82) is 0 Å². The molecule has 3 rings (SSSR count). The summed E-state index contributed by atoms with van der Waals surface area (Å²) < 4.78 is 24.7. The third-order valence-electron chi connectivity index (χ3n) is 7.83. The van der Waals surface area contributed by atoms with Gasteiger partial charge in [-0.05, 0) is 63.5 Å². The van der Waals surface area contributed by atoms with Gasteiger partial charge in [0.05, 0.1) is 33.3 Å². The molecule has 0 amide bonds. The lowest BCUT2D eigenvalue weighted by Gasteiger charge is -2.37. The Kier molecular flexibility index (Phi) is 14.7. The van der Waals surface area contributed by atoms with Gasteiger partial charge in [-0.15, -0.1) is 0 Å². The number of piperidine rings is 1. The van der Waals surface area contributed by atoms with E-state index in [1.165, 1.54) is 114 Å². The lowest BCUT2D eigenvalue weighted by Crippen LogP contribution is -2.48. The smallest absolute Gasteiger partial charge is 0.161 e. The van der Waals surface area contributed by atoms with Crippen LogP contribution in [0.3, 0.4) is 0 Å². The van der Waals surface area contributed by atoms with E-state index in [4.69, 9.17) is 18.9 Å². The Balaban J connectivity index is 0.987. The van der Waals surface area contributed by atoms with Crippen LogP contribution in [0.5, 0.6) is 11.5 Å². The second kappa shape index (κ2) is 18.0. The molecule has 0 aliphatic carbocycles. The van der Waals surface area contributed by atoms with Crippen molar-refractivity contribution in [2.75, 3.05) is 59.7 Å². The standard InChI is InChI=1S/C31H54NO4/c1-32(22-14-10-15-23-32)21-13-6-9-17-25-33-24-16-7-4-2-3-5-8-18-26-34-27-29-28-35-30-19-11-12-20-31(30)36-29/h11-12,19-20,29H,2-10,13-18,21-28H2,1H3/q+1. The zero-order chi connectivity index (χ0) is 25.2. The van der Waals surface area contributed by atoms with Gasteiger partial charge in [-0.1, -0.05) is 57.1 Å². The summed E-state index contributed by atoms with van der Waals surface area (Å²) in [6, 6.07) is 7.84. The van der Waals surface area contributed by atoms with Crippen molar-refractivity contribution in [2.24, 2.45) is 0 Å². The molecule has 5 nitrogen and oxygen atoms in total. The van der Waals surface area contributed by atoms with Gasteiger partial charge in [-0.2, -0.15) is 0 Å². The minimum atomic E-state index is 0.00272. The summed E-state index contributed by atoms with van der Waals surface area (Å²) >= 11 is 0. The molecule has 0 bridgehead atoms. The van der Waals surface area contributed by atoms with Crippen LogP contribution >= 0.6 is 0 Å². The summed E-state index contributed by atoms with van der Waals surface area (Å²) in [5.74, 6) is 1.66. The van der Waals surface area contributed by atoms with Crippen molar-refractivity contribution in [1.82, 2.24) is 0 Å². The van der Waals surface area contributed by atoms with Crippen LogP contribution in [0.4, 0.5) is 0 Å². The maximum absolute atomic E-state index is 5.93. The molecule has 0 aromatic heterocycles. The topological polar surface area (TPSA) is 36.9 Å². The molecule has 36 heavy (non-hydrogen) atoms. The Morgan fingerprint density at radius 3 is 1.92 bits per heavy atom. The highest BCUT2D eigenvalue weighted by Crippen LogP contribution is 2.30. The molecule has 1 aromatic carbocycles. The van der Waals surface area contributed by atoms with Gasteiger partial charge in [0.25, 0.3) is 0 Å². The van der Waals surface area contributed by atoms with Crippen LogP contribution in [0.2, 0.25) is 0 Å². The molecule has 1 saturated heterocycles. The van der Waals surface area contributed by atoms with Crippen molar-refractivity contribution in [3.05, 3.63) is 24.3 Å². The number of fused-ring (bicyclic) bond motifs is 1. The highest BCUT2D eigenvalue weighted by atomic mass is 16.6. The number of likely N-dealkylation sites (tertiary alicyclic amines) is 1. The van der Waals surface area contributed by atoms with E-state index in [2.05, 4.69) is 7.05 Å². The van der Waals surface area contributed by atoms with Crippen molar-refractivity contribution in [3.8, 4) is 11.5 Å². The molecule has 206 valence electrons. The van der Waals surface area contributed by atoms with Crippen LogP contribution in [0.25, 0.3) is 0 Å². The minimum absolute atomic E-state index is 0.00272. The van der Waals surface area contributed by atoms with E-state index in [0.29, 0.717) is 13.2 Å². The number of benzene rings is 1. The molecule has 0 N–H and O–H groups in total. The third-order valence-corrected chi connectivity index (χ3v) is 7.83. The summed E-state index contributed by atoms with van der Waals surface area (Å²) in [6.07, 6.45) is 19.9. The van der Waals surface area contributed by atoms with Gasteiger partial charge in [0.1, 0.15) is 6.61 Å². The highest BCUT2D eigenvalue weighted by Gasteiger charge is 2.23. The molecule has 1 aromatic rings. The Hall–Kier alpha value is -1.30. The van der Waals surface area contributed by atoms with Gasteiger partial charge in [0.2, 0.25) is 0 Å². The summed E-state index contributed by atoms with van der Waals surface area (Å²) in [5, 5.41) is 0. The maximum Gasteiger partial charge on any atom is 0.161 e. The van der Waals surface area contributed by atoms with Crippen LogP contribution in [0.1, 0.15) is 96.3 Å². The second-order valence-corrected chi connectivity index (χ2v) is 11.3. The first-order valence-corrected chi connectivity index (χ1v) is 15.1. The molecule has 2 heterocycles. The lowest BCUT2D eigenvalue weighted by atomic mass is 10.1. The Labute approximate surface area is 221 Å². The van der Waals surface area contributed by atoms with Crippen LogP contribution < -0.4 is 9.47 Å². The minimum Gasteiger partial charge on any atom is -0.486 e. The maximum atomic E-state index is 5.93. The number of nitrogens with zero attached hydrogens (tertiary/aromatic N) is 1. The van der Waals surface area contributed by atoms with Gasteiger partial charge < -0.3 is 23.4 Å². The van der Waals surface area contributed by atoms with Gasteiger partial charge >= 0.3 is 0 Å². The fourth-order valence-electron chi connectivity index (χ4n) is 5.48. The molecule has 2 aliphatic heterocycles. The fraction of sp³-hybridized carbons (Fsp3) is 0.806. The molecule has 1 unspecified atom stereocenters. The van der Waals surface area contributed by atoms with Crippen LogP contribution in [0.15, 0.2) is 24.3 Å². The van der Waals surface area contributed by atoms with Crippen LogP contribution in [-0.2, 0) is 9.47 Å². The normalized spacial score (nSPS) is 18.9. The Morgan fingerprint density at radius 2 is 1.25 bits per heavy atom. The van der Waals surface area contributed by atoms with E-state index in [1.54, 1.807) is 0 Å². The van der Waals surface area contributed by atoms with E-state index in [0.717, 1.165) is 37.7 Å². The van der Waals surface area contributed by atoms with Crippen molar-refractivity contribution < 1.29 is 23.4 Å². The first-order valence-electron chi connectivity index (χ1n) is 15.1. The lowest BCUT2D eigenvalue weighted by molar-refractivity contribution is -0.914. The SMILES string of the molecule is C[N+]1(CCCCCCOCCCCCCCCCCOCC2COc3ccccc3O2)CCCCC1. The average Bonchev–Trinajstić information content (AvgIpc) is 2.90. The molecule has 2 aliphatic rings. The number of para-hydroxylation sites is 2. The van der Waals surface area contributed by atoms with E-state index in [1.807, 2.05) is 24.3 Å². The summed E-state index contributed by atoms with van der Waals surface area (Å²) in [6.45, 7) is 8.10. The molecule has 0 saturated carbocycles. The van der Waals surface area contributed by atoms with Gasteiger partial charge in [-0.25, -0.2) is 0 Å². The highest BCUT2D eigenvalue weighted by molar-refractivity contribution is 5.40. The zero-order valence-electron chi connectivity index (χ0n) is 23.2. The van der Waals surface area contributed by atoms with Crippen LogP contribution in [0, 0.1) is 0 Å². The van der Waals surface area contributed by atoms with Crippen molar-refractivity contribution in [2.45, 2.75) is 102 Å². The number of ether oxygens (including phenoxy) is 4. The van der Waals surface area contributed by atoms with Crippen LogP contribution in [-0.4, -0.2) is 70.3 Å². The molecule has 5 heteroatoms. The zero-order valence-corrected chi connectivity index (χ0v) is 23.2. The second-order valence-electron chi connectivity index (χ2n) is 11.3. The fourth-order valence-corrected chi connectivity index (χ4v) is 5.48. The quantitative estimate of drug-likeness (QED) is 0.139. The van der Waals surface area contributed by atoms with E-state index >= 15 is 0 Å². The van der Waals surface area contributed by atoms with E-state index in [-0.39, 0.29) is 6.10 Å². The largest absolute Gasteiger partial charge is 0.486 e. The molecular weight excluding hydrogens is 450 g/mol. The summed E-state index contributed by atoms with van der Waals surface area (Å²) in [5.41, 5.74) is 0. The number of hydrogen-bond donors (Lipinski definition) is 0. The van der Waals surface area contributed by atoms with Gasteiger partial charge in [0, 0.05) is 19.8 Å². The Morgan fingerprint density at radius 1 is 0.694 bits per heavy atom. The van der Waals surface area contributed by atoms with Crippen molar-refractivity contribution in [3.63, 3.8) is 0 Å². The summed E-state index contributed by atoms with van der Waals surface area (Å²) in [4.78, 5) is 0. The monoisotopic (exact) mass is 504 g/mol. The molecular formula is C31H54NO4+. The number of unbranched alkanes of at least 4 members (excludes halogenated alkanes) is 10. The van der Waals surface area contributed by atoms with Crippen molar-refractivity contribution >= 4 is 0 Å². The van der Waals surface area contributed by atoms with E-state index < -0.39 is 0 Å². The van der Waals surface area contributed by atoms with Gasteiger partial charge in [0.15, 0.2) is 17.6 Å². The molecule has 1 fully saturated rings. The number of rotatable bonds is 20. The molecule has 1 atom stereocenters. The number of hydrogen-bond acceptors (Lipinski definition) is 4. The summed E-state index contributed by atoms with van der Waals surface area (Å²) in [7, 11) is 2.46. The van der Waals surface area contributed by atoms with E-state index in [9.17, 15) is 0 Å². The first-order chi connectivity index (χ1) is 17.8. The van der Waals surface area contributed by atoms with Gasteiger partial charge in [-0.3, -0.25) is 0 Å². The first kappa shape index (κ1) is 29.3.